The van der Waals surface area contributed by atoms with Crippen molar-refractivity contribution in [3.8, 4) is 11.5 Å². The van der Waals surface area contributed by atoms with Crippen LogP contribution in [0.4, 0.5) is 0 Å². The fourth-order valence-electron chi connectivity index (χ4n) is 2.42. The van der Waals surface area contributed by atoms with Gasteiger partial charge in [-0.2, -0.15) is 0 Å². The Morgan fingerprint density at radius 1 is 0.905 bits per heavy atom. The topological polar surface area (TPSA) is 64.8 Å². The standard InChI is InChI=1S/C15H12I2N2O2/c16-12-5-8(20)1-3-10(12)14-15(19-7-18-14)11-4-2-9(21)6-13(11)17/h1-7,14-15,20-21H,(H,18,19)/t14-,15+. The zero-order valence-corrected chi connectivity index (χ0v) is 15.1. The van der Waals surface area contributed by atoms with E-state index >= 15 is 0 Å². The Hall–Kier alpha value is -1.03. The van der Waals surface area contributed by atoms with E-state index in [4.69, 9.17) is 0 Å². The van der Waals surface area contributed by atoms with E-state index in [1.165, 1.54) is 0 Å². The van der Waals surface area contributed by atoms with Crippen molar-refractivity contribution >= 4 is 51.5 Å². The smallest absolute Gasteiger partial charge is 0.116 e. The zero-order chi connectivity index (χ0) is 15.0. The Labute approximate surface area is 149 Å². The summed E-state index contributed by atoms with van der Waals surface area (Å²) < 4.78 is 1.98. The van der Waals surface area contributed by atoms with E-state index in [-0.39, 0.29) is 23.6 Å². The van der Waals surface area contributed by atoms with Crippen molar-refractivity contribution in [1.82, 2.24) is 5.32 Å². The number of benzene rings is 2. The third kappa shape index (κ3) is 2.96. The van der Waals surface area contributed by atoms with E-state index in [2.05, 4.69) is 55.5 Å². The minimum atomic E-state index is -0.0458. The highest BCUT2D eigenvalue weighted by atomic mass is 127. The maximum atomic E-state index is 9.55. The van der Waals surface area contributed by atoms with Crippen LogP contribution in [0.15, 0.2) is 41.4 Å². The van der Waals surface area contributed by atoms with Crippen molar-refractivity contribution in [1.29, 1.82) is 0 Å². The summed E-state index contributed by atoms with van der Waals surface area (Å²) in [7, 11) is 0. The molecule has 1 aliphatic rings. The predicted octanol–water partition coefficient (Wildman–Crippen LogP) is 3.72. The summed E-state index contributed by atoms with van der Waals surface area (Å²) in [4.78, 5) is 4.53. The van der Waals surface area contributed by atoms with E-state index in [9.17, 15) is 10.2 Å². The second-order valence-corrected chi connectivity index (χ2v) is 7.10. The summed E-state index contributed by atoms with van der Waals surface area (Å²) in [6.07, 6.45) is 1.72. The van der Waals surface area contributed by atoms with Crippen LogP contribution in [0.2, 0.25) is 0 Å². The summed E-state index contributed by atoms with van der Waals surface area (Å²) in [5, 5.41) is 22.4. The highest BCUT2D eigenvalue weighted by molar-refractivity contribution is 14.1. The number of hydrogen-bond acceptors (Lipinski definition) is 4. The number of hydrogen-bond donors (Lipinski definition) is 3. The van der Waals surface area contributed by atoms with Gasteiger partial charge in [-0.05, 0) is 80.6 Å². The lowest BCUT2D eigenvalue weighted by Crippen LogP contribution is -2.19. The van der Waals surface area contributed by atoms with Gasteiger partial charge in [-0.15, -0.1) is 0 Å². The second-order valence-electron chi connectivity index (χ2n) is 4.78. The van der Waals surface area contributed by atoms with E-state index in [0.29, 0.717) is 0 Å². The molecule has 2 aromatic carbocycles. The highest BCUT2D eigenvalue weighted by Gasteiger charge is 2.30. The number of nitrogens with one attached hydrogen (secondary N) is 1. The number of phenols is 2. The lowest BCUT2D eigenvalue weighted by atomic mass is 9.95. The first-order chi connectivity index (χ1) is 10.1. The van der Waals surface area contributed by atoms with Gasteiger partial charge in [-0.25, -0.2) is 0 Å². The summed E-state index contributed by atoms with van der Waals surface area (Å²) >= 11 is 4.44. The molecule has 4 nitrogen and oxygen atoms in total. The van der Waals surface area contributed by atoms with Gasteiger partial charge in [-0.1, -0.05) is 12.1 Å². The summed E-state index contributed by atoms with van der Waals surface area (Å²) in [5.74, 6) is 0.520. The Bertz CT molecular complexity index is 719. The molecule has 2 atom stereocenters. The SMILES string of the molecule is Oc1ccc([C@H]2NC=N[C@H]2c2ccc(O)cc2I)c(I)c1. The van der Waals surface area contributed by atoms with Gasteiger partial charge < -0.3 is 15.5 Å². The molecule has 2 aromatic rings. The van der Waals surface area contributed by atoms with Crippen LogP contribution in [0.3, 0.4) is 0 Å². The molecular formula is C15H12I2N2O2. The Balaban J connectivity index is 2.00. The van der Waals surface area contributed by atoms with Crippen molar-refractivity contribution in [3.05, 3.63) is 54.7 Å². The van der Waals surface area contributed by atoms with Gasteiger partial charge in [0.05, 0.1) is 12.4 Å². The Kier molecular flexibility index (Phi) is 4.25. The predicted molar refractivity (Wildman–Crippen MR) is 98.8 cm³/mol. The molecule has 0 saturated heterocycles. The van der Waals surface area contributed by atoms with Crippen molar-refractivity contribution < 1.29 is 10.2 Å². The second kappa shape index (κ2) is 5.99. The minimum Gasteiger partial charge on any atom is -0.508 e. The van der Waals surface area contributed by atoms with Crippen LogP contribution in [0, 0.1) is 7.14 Å². The molecule has 0 fully saturated rings. The van der Waals surface area contributed by atoms with Gasteiger partial charge >= 0.3 is 0 Å². The van der Waals surface area contributed by atoms with Crippen LogP contribution >= 0.6 is 45.2 Å². The van der Waals surface area contributed by atoms with Crippen LogP contribution in [0.25, 0.3) is 0 Å². The fraction of sp³-hybridized carbons (Fsp3) is 0.133. The molecule has 3 rings (SSSR count). The van der Waals surface area contributed by atoms with Gasteiger partial charge in [-0.3, -0.25) is 4.99 Å². The first-order valence-electron chi connectivity index (χ1n) is 6.31. The quantitative estimate of drug-likeness (QED) is 0.545. The molecule has 1 aliphatic heterocycles. The maximum Gasteiger partial charge on any atom is 0.116 e. The van der Waals surface area contributed by atoms with Crippen molar-refractivity contribution in [3.63, 3.8) is 0 Å². The minimum absolute atomic E-state index is 0.0237. The van der Waals surface area contributed by atoms with Crippen LogP contribution in [-0.4, -0.2) is 16.6 Å². The number of nitrogens with zero attached hydrogens (tertiary/aromatic N) is 1. The Morgan fingerprint density at radius 2 is 1.48 bits per heavy atom. The molecule has 108 valence electrons. The molecule has 21 heavy (non-hydrogen) atoms. The molecule has 0 aliphatic carbocycles. The van der Waals surface area contributed by atoms with Crippen molar-refractivity contribution in [2.24, 2.45) is 4.99 Å². The average Bonchev–Trinajstić information content (AvgIpc) is 2.87. The molecule has 3 N–H and O–H groups in total. The van der Waals surface area contributed by atoms with E-state index in [1.807, 2.05) is 12.1 Å². The van der Waals surface area contributed by atoms with Gasteiger partial charge in [0.25, 0.3) is 0 Å². The number of rotatable bonds is 2. The molecule has 0 bridgehead atoms. The van der Waals surface area contributed by atoms with Crippen molar-refractivity contribution in [2.45, 2.75) is 12.1 Å². The Morgan fingerprint density at radius 3 is 2.05 bits per heavy atom. The third-order valence-electron chi connectivity index (χ3n) is 3.43. The number of phenolic OH excluding ortho intramolecular Hbond substituents is 2. The number of halogens is 2. The summed E-state index contributed by atoms with van der Waals surface area (Å²) in [6, 6.07) is 10.7. The molecule has 0 unspecified atom stereocenters. The van der Waals surface area contributed by atoms with Crippen LogP contribution in [0.5, 0.6) is 11.5 Å². The van der Waals surface area contributed by atoms with E-state index < -0.39 is 0 Å². The van der Waals surface area contributed by atoms with Gasteiger partial charge in [0, 0.05) is 7.14 Å². The molecule has 0 aromatic heterocycles. The molecular weight excluding hydrogens is 494 g/mol. The maximum absolute atomic E-state index is 9.55. The first-order valence-corrected chi connectivity index (χ1v) is 8.46. The molecule has 0 radical (unpaired) electrons. The average molecular weight is 506 g/mol. The largest absolute Gasteiger partial charge is 0.508 e. The van der Waals surface area contributed by atoms with E-state index in [1.54, 1.807) is 30.6 Å². The molecule has 1 heterocycles. The zero-order valence-electron chi connectivity index (χ0n) is 10.8. The lowest BCUT2D eigenvalue weighted by Gasteiger charge is -2.21. The molecule has 0 spiro atoms. The van der Waals surface area contributed by atoms with E-state index in [0.717, 1.165) is 18.3 Å². The van der Waals surface area contributed by atoms with Crippen LogP contribution in [-0.2, 0) is 0 Å². The van der Waals surface area contributed by atoms with Crippen molar-refractivity contribution in [2.75, 3.05) is 0 Å². The molecule has 6 heteroatoms. The molecule has 0 amide bonds. The van der Waals surface area contributed by atoms with Gasteiger partial charge in [0.1, 0.15) is 17.5 Å². The summed E-state index contributed by atoms with van der Waals surface area (Å²) in [5.41, 5.74) is 2.17. The molecule has 0 saturated carbocycles. The number of aliphatic imine (C=N–C) groups is 1. The third-order valence-corrected chi connectivity index (χ3v) is 5.30. The summed E-state index contributed by atoms with van der Waals surface area (Å²) in [6.45, 7) is 0. The van der Waals surface area contributed by atoms with Crippen LogP contribution in [0.1, 0.15) is 23.2 Å². The lowest BCUT2D eigenvalue weighted by molar-refractivity contribution is 0.472. The van der Waals surface area contributed by atoms with Gasteiger partial charge in [0.15, 0.2) is 0 Å². The van der Waals surface area contributed by atoms with Crippen LogP contribution < -0.4 is 5.32 Å². The number of aromatic hydroxyl groups is 2. The highest BCUT2D eigenvalue weighted by Crippen LogP contribution is 2.39. The first kappa shape index (κ1) is 14.9. The monoisotopic (exact) mass is 506 g/mol. The fourth-order valence-corrected chi connectivity index (χ4v) is 4.08. The normalized spacial score (nSPS) is 20.5. The van der Waals surface area contributed by atoms with Gasteiger partial charge in [0.2, 0.25) is 0 Å².